The van der Waals surface area contributed by atoms with Crippen molar-refractivity contribution in [1.82, 2.24) is 16.3 Å². The van der Waals surface area contributed by atoms with Crippen LogP contribution in [0.5, 0.6) is 0 Å². The number of carbonyl (C=O) groups is 5. The molecule has 9 rings (SSSR count). The van der Waals surface area contributed by atoms with Crippen LogP contribution in [0, 0.1) is 5.41 Å². The van der Waals surface area contributed by atoms with E-state index in [9.17, 15) is 47.2 Å². The molecule has 6 aromatic carbocycles. The highest BCUT2D eigenvalue weighted by molar-refractivity contribution is 7.88. The van der Waals surface area contributed by atoms with E-state index in [1.807, 2.05) is 189 Å². The monoisotopic (exact) mass is 1140 g/mol. The van der Waals surface area contributed by atoms with Gasteiger partial charge in [-0.25, -0.2) is 0 Å². The number of ketones is 3. The van der Waals surface area contributed by atoms with E-state index in [0.717, 1.165) is 47.0 Å². The van der Waals surface area contributed by atoms with Gasteiger partial charge in [0.2, 0.25) is 22.3 Å². The summed E-state index contributed by atoms with van der Waals surface area (Å²) in [6, 6.07) is 58.1. The number of hydrogen-bond donors (Lipinski definition) is 6. The lowest BCUT2D eigenvalue weighted by molar-refractivity contribution is -0.161. The second-order valence-corrected chi connectivity index (χ2v) is 20.3. The van der Waals surface area contributed by atoms with Gasteiger partial charge in [0.1, 0.15) is 0 Å². The Morgan fingerprint density at radius 1 is 0.427 bits per heavy atom. The minimum Gasteiger partial charge on any atom is -0.481 e. The molecular weight excluding hydrogens is 1070 g/mol. The average molecular weight is 1140 g/mol. The Kier molecular flexibility index (Phi) is 21.4. The van der Waals surface area contributed by atoms with Crippen LogP contribution in [0.1, 0.15) is 86.5 Å². The fourth-order valence-electron chi connectivity index (χ4n) is 8.94. The van der Waals surface area contributed by atoms with E-state index in [-0.39, 0.29) is 36.6 Å². The number of amidine groups is 3. The van der Waals surface area contributed by atoms with Gasteiger partial charge in [-0.1, -0.05) is 156 Å². The van der Waals surface area contributed by atoms with E-state index < -0.39 is 38.6 Å². The van der Waals surface area contributed by atoms with Crippen LogP contribution in [0.25, 0.3) is 0 Å². The van der Waals surface area contributed by atoms with Crippen LogP contribution >= 0.6 is 0 Å². The van der Waals surface area contributed by atoms with E-state index in [1.54, 1.807) is 30.7 Å². The third kappa shape index (κ3) is 14.4. The molecule has 0 amide bonds. The van der Waals surface area contributed by atoms with Crippen LogP contribution in [-0.2, 0) is 34.1 Å². The van der Waals surface area contributed by atoms with Gasteiger partial charge in [-0.15, -0.1) is 15.3 Å². The summed E-state index contributed by atoms with van der Waals surface area (Å²) in [4.78, 5) is 58.2. The van der Waals surface area contributed by atoms with Crippen molar-refractivity contribution in [2.45, 2.75) is 91.2 Å². The van der Waals surface area contributed by atoms with Gasteiger partial charge >= 0.3 is 11.9 Å². The predicted molar refractivity (Wildman–Crippen MR) is 319 cm³/mol. The first-order valence-corrected chi connectivity index (χ1v) is 27.9. The van der Waals surface area contributed by atoms with Crippen molar-refractivity contribution < 1.29 is 47.2 Å². The summed E-state index contributed by atoms with van der Waals surface area (Å²) in [6.07, 6.45) is 1.59. The Morgan fingerprint density at radius 3 is 0.902 bits per heavy atom. The van der Waals surface area contributed by atoms with Crippen LogP contribution in [0.15, 0.2) is 197 Å². The van der Waals surface area contributed by atoms with Crippen molar-refractivity contribution >= 4 is 91.0 Å². The number of rotatable bonds is 20. The van der Waals surface area contributed by atoms with Gasteiger partial charge in [-0.2, -0.15) is 39.1 Å². The summed E-state index contributed by atoms with van der Waals surface area (Å²) in [5, 5.41) is 42.3. The molecule has 0 aromatic heterocycles. The SMILES string of the molecule is CC(=O)C1=NN(c2ccccc2)N(c2ccccc2)N1.CC(=O)C1=NN(c2ccccc2)N(c2ccccc2)N1.CC(=O)C1=NN(c2ccccc2)N(c2ccccc2)N1.CCCCCCC(C(=O)O)(C(CC)(CC)C(=O)O)S(=O)(=O)O. The van der Waals surface area contributed by atoms with Crippen LogP contribution in [0.3, 0.4) is 0 Å². The Hall–Kier alpha value is -9.61. The van der Waals surface area contributed by atoms with Crippen molar-refractivity contribution in [1.29, 1.82) is 0 Å². The van der Waals surface area contributed by atoms with Gasteiger partial charge in [0.15, 0.2) is 17.3 Å². The molecule has 0 saturated heterocycles. The van der Waals surface area contributed by atoms with E-state index in [2.05, 4.69) is 31.6 Å². The summed E-state index contributed by atoms with van der Waals surface area (Å²) in [5.41, 5.74) is 12.3. The number of hydrogen-bond acceptors (Lipinski definition) is 19. The molecule has 6 aromatic rings. The summed E-state index contributed by atoms with van der Waals surface area (Å²) >= 11 is 0. The number of hydrazone groups is 3. The largest absolute Gasteiger partial charge is 0.481 e. The number of unbranched alkanes of at least 4 members (excludes halogenated alkanes) is 3. The van der Waals surface area contributed by atoms with Crippen LogP contribution in [-0.4, -0.2) is 74.7 Å². The molecule has 0 radical (unpaired) electrons. The van der Waals surface area contributed by atoms with Crippen molar-refractivity contribution in [3.63, 3.8) is 0 Å². The van der Waals surface area contributed by atoms with Gasteiger partial charge in [0.25, 0.3) is 10.1 Å². The molecule has 3 aliphatic heterocycles. The molecule has 0 aliphatic carbocycles. The molecule has 3 heterocycles. The summed E-state index contributed by atoms with van der Waals surface area (Å²) in [6.45, 7) is 9.25. The molecule has 0 fully saturated rings. The number of aliphatic carboxylic acids is 2. The lowest BCUT2D eigenvalue weighted by Crippen LogP contribution is -2.62. The highest BCUT2D eigenvalue weighted by Gasteiger charge is 2.67. The van der Waals surface area contributed by atoms with Crippen LogP contribution in [0.4, 0.5) is 34.1 Å². The van der Waals surface area contributed by atoms with Gasteiger partial charge in [0.05, 0.1) is 39.5 Å². The Labute approximate surface area is 477 Å². The molecule has 22 nitrogen and oxygen atoms in total. The maximum absolute atomic E-state index is 11.9. The molecule has 3 aliphatic rings. The van der Waals surface area contributed by atoms with E-state index in [4.69, 9.17) is 0 Å². The maximum atomic E-state index is 11.9. The van der Waals surface area contributed by atoms with Gasteiger partial charge in [-0.3, -0.25) is 44.8 Å². The summed E-state index contributed by atoms with van der Waals surface area (Å²) in [7, 11) is -5.12. The van der Waals surface area contributed by atoms with E-state index >= 15 is 0 Å². The molecule has 82 heavy (non-hydrogen) atoms. The van der Waals surface area contributed by atoms with Crippen LogP contribution in [0.2, 0.25) is 0 Å². The van der Waals surface area contributed by atoms with Crippen molar-refractivity contribution in [2.75, 3.05) is 30.7 Å². The van der Waals surface area contributed by atoms with Gasteiger partial charge < -0.3 is 10.2 Å². The number of para-hydroxylation sites is 6. The third-order valence-corrected chi connectivity index (χ3v) is 15.0. The Bertz CT molecular complexity index is 3030. The van der Waals surface area contributed by atoms with Gasteiger partial charge in [0, 0.05) is 20.8 Å². The molecule has 1 atom stereocenters. The normalized spacial score (nSPS) is 14.3. The number of hydrazine groups is 6. The molecule has 23 heteroatoms. The highest BCUT2D eigenvalue weighted by Crippen LogP contribution is 2.47. The fourth-order valence-corrected chi connectivity index (χ4v) is 10.4. The van der Waals surface area contributed by atoms with Crippen molar-refractivity contribution in [3.8, 4) is 0 Å². The van der Waals surface area contributed by atoms with Crippen LogP contribution < -0.4 is 47.0 Å². The molecule has 6 N–H and O–H groups in total. The third-order valence-electron chi connectivity index (χ3n) is 13.3. The highest BCUT2D eigenvalue weighted by atomic mass is 32.2. The molecular formula is C59H68N12O10S. The zero-order valence-electron chi connectivity index (χ0n) is 46.4. The maximum Gasteiger partial charge on any atom is 0.328 e. The molecule has 0 saturated carbocycles. The number of nitrogens with zero attached hydrogens (tertiary/aromatic N) is 9. The van der Waals surface area contributed by atoms with Gasteiger partial charge in [-0.05, 0) is 92.1 Å². The zero-order chi connectivity index (χ0) is 59.5. The number of anilines is 6. The van der Waals surface area contributed by atoms with E-state index in [0.29, 0.717) is 23.9 Å². The van der Waals surface area contributed by atoms with Crippen molar-refractivity contribution in [3.05, 3.63) is 182 Å². The second-order valence-electron chi connectivity index (χ2n) is 18.7. The number of Topliss-reactive ketones (excluding diaryl/α,β-unsaturated/α-hetero) is 3. The standard InChI is InChI=1S/3C15H14N4O.C14H26O7S/c3*1-12(20)15-16-18(13-8-4-2-5-9-13)19(17-15)14-10-6-3-7-11-14;1-4-7-8-9-10-14(12(17)18,22(19,20)21)13(5-2,6-3)11(15)16/h3*2-11H,1H3,(H,16,17);4-10H2,1-3H3,(H,15,16)(H,17,18)(H,19,20,21). The first-order chi connectivity index (χ1) is 39.3. The predicted octanol–water partition coefficient (Wildman–Crippen LogP) is 9.56. The fraction of sp³-hybridized carbons (Fsp3) is 0.254. The Balaban J connectivity index is 0.000000176. The minimum absolute atomic E-state index is 0.107. The first-order valence-electron chi connectivity index (χ1n) is 26.5. The topological polar surface area (TPSA) is 273 Å². The molecule has 0 bridgehead atoms. The summed E-state index contributed by atoms with van der Waals surface area (Å²) in [5.74, 6) is -2.70. The Morgan fingerprint density at radius 2 is 0.695 bits per heavy atom. The molecule has 0 spiro atoms. The second kappa shape index (κ2) is 28.5. The molecule has 1 unspecified atom stereocenters. The number of carbonyl (C=O) groups excluding carboxylic acids is 3. The van der Waals surface area contributed by atoms with E-state index in [1.165, 1.54) is 34.6 Å². The number of benzene rings is 6. The first kappa shape index (κ1) is 61.6. The zero-order valence-corrected chi connectivity index (χ0v) is 47.2. The summed E-state index contributed by atoms with van der Waals surface area (Å²) < 4.78 is 30.8. The molecule has 430 valence electrons. The number of carboxylic acids is 2. The number of nitrogens with one attached hydrogen (secondary N) is 3. The average Bonchev–Trinajstić information content (AvgIpc) is 4.41. The smallest absolute Gasteiger partial charge is 0.328 e. The quantitative estimate of drug-likeness (QED) is 0.0307. The van der Waals surface area contributed by atoms with Crippen molar-refractivity contribution in [2.24, 2.45) is 20.7 Å². The lowest BCUT2D eigenvalue weighted by Gasteiger charge is -2.41. The minimum atomic E-state index is -5.12. The lowest BCUT2D eigenvalue weighted by atomic mass is 9.68. The number of carboxylic acid groups (broad SMARTS) is 2.